The Morgan fingerprint density at radius 3 is 2.60 bits per heavy atom. The van der Waals surface area contributed by atoms with E-state index in [2.05, 4.69) is 14.9 Å². The van der Waals surface area contributed by atoms with Crippen molar-refractivity contribution in [3.63, 3.8) is 0 Å². The van der Waals surface area contributed by atoms with Crippen molar-refractivity contribution in [2.24, 2.45) is 0 Å². The highest BCUT2D eigenvalue weighted by atomic mass is 35.5. The lowest BCUT2D eigenvalue weighted by Crippen LogP contribution is -2.37. The average Bonchev–Trinajstić information content (AvgIpc) is 3.23. The Balaban J connectivity index is 1.83. The number of nitrogens with zero attached hydrogens (tertiary/aromatic N) is 2. The summed E-state index contributed by atoms with van der Waals surface area (Å²) in [6, 6.07) is 4.18. The standard InChI is InChI=1S/C22H22ClFN4O6S/c1-10-5-7-14(24)17(11(10)2)12(3)18(21-25-26-22(30)34-21)27-35(31,32)15-8-6-13(23)19-20(15)33-9-16(29)28(19)4/h5-8,12,18,27H,9H2,1-4H3,(H,26,30). The van der Waals surface area contributed by atoms with Crippen molar-refractivity contribution in [2.75, 3.05) is 18.6 Å². The lowest BCUT2D eigenvalue weighted by molar-refractivity contribution is -0.121. The molecule has 2 heterocycles. The predicted molar refractivity (Wildman–Crippen MR) is 125 cm³/mol. The fraction of sp³-hybridized carbons (Fsp3) is 0.318. The maximum absolute atomic E-state index is 14.9. The molecule has 2 unspecified atom stereocenters. The van der Waals surface area contributed by atoms with E-state index in [1.54, 1.807) is 26.8 Å². The normalized spacial score (nSPS) is 15.5. The molecular weight excluding hydrogens is 503 g/mol. The number of aromatic nitrogens is 2. The lowest BCUT2D eigenvalue weighted by Gasteiger charge is -2.29. The number of nitrogens with one attached hydrogen (secondary N) is 2. The molecule has 13 heteroatoms. The van der Waals surface area contributed by atoms with Crippen LogP contribution in [0.1, 0.15) is 41.5 Å². The second kappa shape index (κ2) is 9.10. The number of halogens is 2. The molecule has 10 nitrogen and oxygen atoms in total. The number of ether oxygens (including phenoxy) is 1. The van der Waals surface area contributed by atoms with Crippen LogP contribution in [0, 0.1) is 19.7 Å². The van der Waals surface area contributed by atoms with Gasteiger partial charge in [0.05, 0.1) is 5.02 Å². The van der Waals surface area contributed by atoms with E-state index in [-0.39, 0.29) is 39.4 Å². The number of hydrogen-bond acceptors (Lipinski definition) is 7. The van der Waals surface area contributed by atoms with Crippen LogP contribution in [-0.4, -0.2) is 38.2 Å². The second-order valence-corrected chi connectivity index (χ2v) is 10.3. The number of anilines is 1. The number of amides is 1. The smallest absolute Gasteiger partial charge is 0.434 e. The van der Waals surface area contributed by atoms with E-state index in [9.17, 15) is 22.4 Å². The van der Waals surface area contributed by atoms with E-state index in [1.807, 2.05) is 0 Å². The molecule has 2 atom stereocenters. The number of carbonyl (C=O) groups excluding carboxylic acids is 1. The quantitative estimate of drug-likeness (QED) is 0.506. The molecule has 0 saturated heterocycles. The van der Waals surface area contributed by atoms with Gasteiger partial charge in [0, 0.05) is 13.0 Å². The summed E-state index contributed by atoms with van der Waals surface area (Å²) in [6.45, 7) is 4.72. The number of benzene rings is 2. The van der Waals surface area contributed by atoms with Crippen molar-refractivity contribution >= 4 is 33.2 Å². The first-order chi connectivity index (χ1) is 16.4. The molecule has 186 valence electrons. The fourth-order valence-electron chi connectivity index (χ4n) is 4.05. The minimum Gasteiger partial charge on any atom is -0.480 e. The van der Waals surface area contributed by atoms with Gasteiger partial charge in [-0.15, -0.1) is 5.10 Å². The van der Waals surface area contributed by atoms with E-state index in [1.165, 1.54) is 30.1 Å². The molecule has 1 aromatic heterocycles. The Bertz CT molecular complexity index is 1490. The molecule has 0 aliphatic carbocycles. The Morgan fingerprint density at radius 2 is 1.94 bits per heavy atom. The van der Waals surface area contributed by atoms with Crippen molar-refractivity contribution in [1.82, 2.24) is 14.9 Å². The first-order valence-corrected chi connectivity index (χ1v) is 12.3. The number of H-pyrrole nitrogens is 1. The van der Waals surface area contributed by atoms with Gasteiger partial charge in [0.2, 0.25) is 15.9 Å². The average molecular weight is 525 g/mol. The molecule has 0 fully saturated rings. The van der Waals surface area contributed by atoms with Crippen molar-refractivity contribution in [1.29, 1.82) is 0 Å². The molecule has 1 aliphatic heterocycles. The van der Waals surface area contributed by atoms with E-state index >= 15 is 0 Å². The summed E-state index contributed by atoms with van der Waals surface area (Å²) in [4.78, 5) is 24.6. The number of aryl methyl sites for hydroxylation is 1. The van der Waals surface area contributed by atoms with Crippen LogP contribution in [0.25, 0.3) is 0 Å². The zero-order valence-corrected chi connectivity index (χ0v) is 20.8. The SMILES string of the molecule is Cc1ccc(F)c(C(C)C(NS(=O)(=O)c2ccc(Cl)c3c2OCC(=O)N3C)c2n[nH]c(=O)o2)c1C. The number of fused-ring (bicyclic) bond motifs is 1. The van der Waals surface area contributed by atoms with Gasteiger partial charge in [0.1, 0.15) is 22.4 Å². The van der Waals surface area contributed by atoms with Crippen LogP contribution in [0.4, 0.5) is 10.1 Å². The van der Waals surface area contributed by atoms with Gasteiger partial charge in [-0.25, -0.2) is 22.7 Å². The Kier molecular flexibility index (Phi) is 6.47. The summed E-state index contributed by atoms with van der Waals surface area (Å²) in [5.41, 5.74) is 1.75. The summed E-state index contributed by atoms with van der Waals surface area (Å²) < 4.78 is 55.0. The maximum Gasteiger partial charge on any atom is 0.434 e. The van der Waals surface area contributed by atoms with Crippen LogP contribution in [0.2, 0.25) is 5.02 Å². The largest absolute Gasteiger partial charge is 0.480 e. The second-order valence-electron chi connectivity index (χ2n) is 8.21. The first-order valence-electron chi connectivity index (χ1n) is 10.5. The first kappa shape index (κ1) is 24.9. The summed E-state index contributed by atoms with van der Waals surface area (Å²) in [5, 5.41) is 6.01. The van der Waals surface area contributed by atoms with Crippen LogP contribution in [0.3, 0.4) is 0 Å². The van der Waals surface area contributed by atoms with Gasteiger partial charge in [0.25, 0.3) is 5.91 Å². The third-order valence-corrected chi connectivity index (χ3v) is 7.85. The molecule has 2 aromatic carbocycles. The zero-order chi connectivity index (χ0) is 25.7. The van der Waals surface area contributed by atoms with Gasteiger partial charge in [-0.3, -0.25) is 4.79 Å². The van der Waals surface area contributed by atoms with Crippen LogP contribution in [0.5, 0.6) is 5.75 Å². The van der Waals surface area contributed by atoms with E-state index in [0.717, 1.165) is 5.56 Å². The van der Waals surface area contributed by atoms with Crippen LogP contribution < -0.4 is 20.1 Å². The third kappa shape index (κ3) is 4.44. The van der Waals surface area contributed by atoms with Gasteiger partial charge in [-0.2, -0.15) is 4.72 Å². The van der Waals surface area contributed by atoms with E-state index < -0.39 is 39.5 Å². The number of likely N-dealkylation sites (N-methyl/N-ethyl adjacent to an activating group) is 1. The van der Waals surface area contributed by atoms with Gasteiger partial charge < -0.3 is 14.1 Å². The minimum absolute atomic E-state index is 0.0993. The van der Waals surface area contributed by atoms with Gasteiger partial charge in [0.15, 0.2) is 12.4 Å². The summed E-state index contributed by atoms with van der Waals surface area (Å²) in [5.74, 6) is -3.08. The van der Waals surface area contributed by atoms with Gasteiger partial charge in [-0.1, -0.05) is 24.6 Å². The highest BCUT2D eigenvalue weighted by Crippen LogP contribution is 2.43. The molecular formula is C22H22ClFN4O6S. The summed E-state index contributed by atoms with van der Waals surface area (Å²) in [7, 11) is -2.95. The molecule has 0 radical (unpaired) electrons. The maximum atomic E-state index is 14.9. The number of rotatable bonds is 6. The predicted octanol–water partition coefficient (Wildman–Crippen LogP) is 2.95. The molecule has 1 aliphatic rings. The topological polar surface area (TPSA) is 135 Å². The van der Waals surface area contributed by atoms with Crippen LogP contribution in [-0.2, 0) is 14.8 Å². The van der Waals surface area contributed by atoms with Crippen LogP contribution in [0.15, 0.2) is 38.4 Å². The van der Waals surface area contributed by atoms with Gasteiger partial charge >= 0.3 is 5.76 Å². The highest BCUT2D eigenvalue weighted by molar-refractivity contribution is 7.89. The minimum atomic E-state index is -4.40. The molecule has 2 N–H and O–H groups in total. The molecule has 4 rings (SSSR count). The van der Waals surface area contributed by atoms with Gasteiger partial charge in [-0.05, 0) is 48.7 Å². The summed E-state index contributed by atoms with van der Waals surface area (Å²) >= 11 is 6.21. The van der Waals surface area contributed by atoms with Crippen LogP contribution >= 0.6 is 11.6 Å². The Hall–Kier alpha value is -3.22. The number of aromatic amines is 1. The molecule has 1 amide bonds. The number of hydrogen-bond donors (Lipinski definition) is 2. The number of sulfonamides is 1. The highest BCUT2D eigenvalue weighted by Gasteiger charge is 2.37. The van der Waals surface area contributed by atoms with E-state index in [0.29, 0.717) is 5.56 Å². The summed E-state index contributed by atoms with van der Waals surface area (Å²) in [6.07, 6.45) is 0. The lowest BCUT2D eigenvalue weighted by atomic mass is 9.88. The van der Waals surface area contributed by atoms with Crippen molar-refractivity contribution in [3.8, 4) is 5.75 Å². The van der Waals surface area contributed by atoms with Crippen molar-refractivity contribution in [3.05, 3.63) is 68.2 Å². The molecule has 0 saturated carbocycles. The number of carbonyl (C=O) groups is 1. The Labute approximate surface area is 205 Å². The fourth-order valence-corrected chi connectivity index (χ4v) is 5.74. The molecule has 0 bridgehead atoms. The van der Waals surface area contributed by atoms with Crippen molar-refractivity contribution in [2.45, 2.75) is 37.6 Å². The Morgan fingerprint density at radius 1 is 1.23 bits per heavy atom. The molecule has 0 spiro atoms. The monoisotopic (exact) mass is 524 g/mol. The third-order valence-electron chi connectivity index (χ3n) is 6.08. The van der Waals surface area contributed by atoms with Crippen molar-refractivity contribution < 1.29 is 26.8 Å². The molecule has 35 heavy (non-hydrogen) atoms. The van der Waals surface area contributed by atoms with E-state index in [4.69, 9.17) is 20.8 Å². The molecule has 3 aromatic rings. The zero-order valence-electron chi connectivity index (χ0n) is 19.2.